The summed E-state index contributed by atoms with van der Waals surface area (Å²) in [4.78, 5) is 13.8. The van der Waals surface area contributed by atoms with Gasteiger partial charge >= 0.3 is 36.2 Å². The van der Waals surface area contributed by atoms with Gasteiger partial charge in [-0.15, -0.1) is 0 Å². The largest absolute Gasteiger partial charge is 0.462 e. The molecule has 1 unspecified atom stereocenters. The molecule has 1 atom stereocenters. The highest BCUT2D eigenvalue weighted by Gasteiger charge is 2.80. The molecule has 0 aliphatic rings. The molecule has 0 aliphatic carbocycles. The number of oxime groups is 1. The molecular weight excluding hydrogens is 367 g/mol. The molecule has 0 aromatic heterocycles. The minimum atomic E-state index is -7.25. The number of halogens is 11. The lowest BCUT2D eigenvalue weighted by atomic mass is 10.2. The summed E-state index contributed by atoms with van der Waals surface area (Å²) in [5.74, 6) is -17.0. The number of nitrogens with zero attached hydrogens (tertiary/aromatic N) is 1. The standard InChI is InChI=1S/C8H4F11NO3/c1-2-20-22-3(21)4(9,6(12,13)14)23-8(18,19)5(10,11)7(15,16)17/h2H,1H3. The van der Waals surface area contributed by atoms with Crippen molar-refractivity contribution in [3.63, 3.8) is 0 Å². The summed E-state index contributed by atoms with van der Waals surface area (Å²) in [6.45, 7) is 0.883. The molecule has 4 nitrogen and oxygen atoms in total. The first-order chi connectivity index (χ1) is 9.94. The molecule has 0 aromatic rings. The van der Waals surface area contributed by atoms with Crippen molar-refractivity contribution in [2.45, 2.75) is 37.2 Å². The first kappa shape index (κ1) is 21.3. The summed E-state index contributed by atoms with van der Waals surface area (Å²) >= 11 is 0. The van der Waals surface area contributed by atoms with Crippen LogP contribution in [-0.4, -0.2) is 42.4 Å². The van der Waals surface area contributed by atoms with Crippen molar-refractivity contribution in [2.24, 2.45) is 5.16 Å². The highest BCUT2D eigenvalue weighted by molar-refractivity contribution is 5.79. The highest BCUT2D eigenvalue weighted by atomic mass is 19.4. The SMILES string of the molecule is CC=NOC(=O)C(F)(OC(F)(F)C(F)(F)C(F)(F)F)C(F)(F)F. The average Bonchev–Trinajstić information content (AvgIpc) is 2.32. The van der Waals surface area contributed by atoms with Gasteiger partial charge in [0.15, 0.2) is 0 Å². The van der Waals surface area contributed by atoms with Gasteiger partial charge in [0.25, 0.3) is 0 Å². The molecule has 0 amide bonds. The zero-order valence-corrected chi connectivity index (χ0v) is 10.4. The summed E-state index contributed by atoms with van der Waals surface area (Å²) < 4.78 is 138. The maximum absolute atomic E-state index is 13.4. The smallest absolute Gasteiger partial charge is 0.312 e. The van der Waals surface area contributed by atoms with Crippen LogP contribution in [0, 0.1) is 0 Å². The molecule has 0 saturated heterocycles. The first-order valence-electron chi connectivity index (χ1n) is 4.91. The van der Waals surface area contributed by atoms with Crippen molar-refractivity contribution in [3.05, 3.63) is 0 Å². The highest BCUT2D eigenvalue weighted by Crippen LogP contribution is 2.51. The van der Waals surface area contributed by atoms with Gasteiger partial charge in [0, 0.05) is 6.21 Å². The number of carbonyl (C=O) groups is 1. The first-order valence-corrected chi connectivity index (χ1v) is 4.91. The molecule has 0 fully saturated rings. The third-order valence-electron chi connectivity index (χ3n) is 1.86. The van der Waals surface area contributed by atoms with Crippen molar-refractivity contribution in [1.82, 2.24) is 0 Å². The minimum absolute atomic E-state index is 0.400. The molecule has 0 saturated carbocycles. The van der Waals surface area contributed by atoms with Gasteiger partial charge in [-0.25, -0.2) is 4.79 Å². The Morgan fingerprint density at radius 2 is 1.30 bits per heavy atom. The molecule has 0 heterocycles. The van der Waals surface area contributed by atoms with Crippen LogP contribution in [0.4, 0.5) is 48.3 Å². The average molecular weight is 371 g/mol. The monoisotopic (exact) mass is 371 g/mol. The Hall–Kier alpha value is -1.67. The van der Waals surface area contributed by atoms with Crippen LogP contribution in [0.2, 0.25) is 0 Å². The van der Waals surface area contributed by atoms with Crippen molar-refractivity contribution in [1.29, 1.82) is 0 Å². The third-order valence-corrected chi connectivity index (χ3v) is 1.86. The van der Waals surface area contributed by atoms with Gasteiger partial charge in [0.1, 0.15) is 0 Å². The van der Waals surface area contributed by atoms with Gasteiger partial charge in [0.05, 0.1) is 0 Å². The second-order valence-electron chi connectivity index (χ2n) is 3.53. The lowest BCUT2D eigenvalue weighted by molar-refractivity contribution is -0.475. The van der Waals surface area contributed by atoms with Crippen LogP contribution in [0.1, 0.15) is 6.92 Å². The van der Waals surface area contributed by atoms with Gasteiger partial charge in [-0.1, -0.05) is 5.16 Å². The van der Waals surface area contributed by atoms with Crippen molar-refractivity contribution in [3.8, 4) is 0 Å². The van der Waals surface area contributed by atoms with Crippen molar-refractivity contribution < 1.29 is 62.7 Å². The molecule has 0 N–H and O–H groups in total. The van der Waals surface area contributed by atoms with E-state index < -0.39 is 36.2 Å². The van der Waals surface area contributed by atoms with Crippen LogP contribution in [0.3, 0.4) is 0 Å². The Bertz CT molecular complexity index is 469. The minimum Gasteiger partial charge on any atom is -0.312 e. The van der Waals surface area contributed by atoms with Crippen LogP contribution in [0.5, 0.6) is 0 Å². The predicted octanol–water partition coefficient (Wildman–Crippen LogP) is 3.57. The number of carbonyl (C=O) groups excluding carboxylic acids is 1. The lowest BCUT2D eigenvalue weighted by Gasteiger charge is -2.33. The number of ether oxygens (including phenoxy) is 1. The summed E-state index contributed by atoms with van der Waals surface area (Å²) in [5, 5.41) is 2.24. The van der Waals surface area contributed by atoms with Crippen LogP contribution >= 0.6 is 0 Å². The third kappa shape index (κ3) is 4.00. The normalized spacial score (nSPS) is 17.2. The molecule has 136 valence electrons. The van der Waals surface area contributed by atoms with Crippen molar-refractivity contribution in [2.75, 3.05) is 0 Å². The Morgan fingerprint density at radius 1 is 0.870 bits per heavy atom. The van der Waals surface area contributed by atoms with E-state index in [1.807, 2.05) is 4.74 Å². The van der Waals surface area contributed by atoms with E-state index in [-0.39, 0.29) is 0 Å². The lowest BCUT2D eigenvalue weighted by Crippen LogP contribution is -2.61. The molecule has 0 aliphatic heterocycles. The summed E-state index contributed by atoms with van der Waals surface area (Å²) in [6.07, 6.45) is -20.6. The number of rotatable bonds is 5. The van der Waals surface area contributed by atoms with Crippen LogP contribution < -0.4 is 0 Å². The molecule has 0 rings (SSSR count). The van der Waals surface area contributed by atoms with E-state index in [2.05, 4.69) is 9.99 Å². The Kier molecular flexibility index (Phi) is 5.64. The molecule has 0 radical (unpaired) electrons. The number of hydrogen-bond acceptors (Lipinski definition) is 4. The molecule has 15 heteroatoms. The van der Waals surface area contributed by atoms with E-state index in [0.29, 0.717) is 6.21 Å². The maximum Gasteiger partial charge on any atom is 0.462 e. The zero-order valence-electron chi connectivity index (χ0n) is 10.4. The fraction of sp³-hybridized carbons (Fsp3) is 0.750. The summed E-state index contributed by atoms with van der Waals surface area (Å²) in [6, 6.07) is 0. The molecule has 0 spiro atoms. The number of alkyl halides is 11. The van der Waals surface area contributed by atoms with E-state index in [9.17, 15) is 53.1 Å². The van der Waals surface area contributed by atoms with Gasteiger partial charge < -0.3 is 4.84 Å². The van der Waals surface area contributed by atoms with Crippen LogP contribution in [0.25, 0.3) is 0 Å². The van der Waals surface area contributed by atoms with Gasteiger partial charge in [0.2, 0.25) is 0 Å². The zero-order chi connectivity index (χ0) is 18.9. The second kappa shape index (κ2) is 6.09. The topological polar surface area (TPSA) is 47.9 Å². The quantitative estimate of drug-likeness (QED) is 0.321. The molecule has 0 aromatic carbocycles. The molecule has 23 heavy (non-hydrogen) atoms. The van der Waals surface area contributed by atoms with E-state index in [0.717, 1.165) is 6.92 Å². The van der Waals surface area contributed by atoms with Crippen molar-refractivity contribution >= 4 is 12.2 Å². The number of hydrogen-bond donors (Lipinski definition) is 0. The summed E-state index contributed by atoms with van der Waals surface area (Å²) in [7, 11) is 0. The Labute approximate surface area is 118 Å². The van der Waals surface area contributed by atoms with E-state index in [1.165, 1.54) is 0 Å². The van der Waals surface area contributed by atoms with Crippen LogP contribution in [-0.2, 0) is 14.4 Å². The predicted molar refractivity (Wildman–Crippen MR) is 47.2 cm³/mol. The van der Waals surface area contributed by atoms with Gasteiger partial charge in [-0.3, -0.25) is 4.74 Å². The molecular formula is C8H4F11NO3. The van der Waals surface area contributed by atoms with Gasteiger partial charge in [-0.05, 0) is 6.92 Å². The summed E-state index contributed by atoms with van der Waals surface area (Å²) in [5.41, 5.74) is 0. The van der Waals surface area contributed by atoms with E-state index in [1.54, 1.807) is 0 Å². The Morgan fingerprint density at radius 3 is 1.61 bits per heavy atom. The molecule has 0 bridgehead atoms. The fourth-order valence-electron chi connectivity index (χ4n) is 0.780. The second-order valence-corrected chi connectivity index (χ2v) is 3.53. The fourth-order valence-corrected chi connectivity index (χ4v) is 0.780. The Balaban J connectivity index is 5.87. The maximum atomic E-state index is 13.4. The van der Waals surface area contributed by atoms with Gasteiger partial charge in [-0.2, -0.15) is 48.3 Å². The van der Waals surface area contributed by atoms with Crippen LogP contribution in [0.15, 0.2) is 5.16 Å². The van der Waals surface area contributed by atoms with E-state index >= 15 is 0 Å². The van der Waals surface area contributed by atoms with E-state index in [4.69, 9.17) is 0 Å².